The van der Waals surface area contributed by atoms with Crippen molar-refractivity contribution in [3.8, 4) is 0 Å². The van der Waals surface area contributed by atoms with Gasteiger partial charge in [-0.05, 0) is 41.1 Å². The lowest BCUT2D eigenvalue weighted by Gasteiger charge is -2.37. The first-order valence-corrected chi connectivity index (χ1v) is 7.29. The van der Waals surface area contributed by atoms with Crippen LogP contribution in [0.4, 0.5) is 4.39 Å². The lowest BCUT2D eigenvalue weighted by Crippen LogP contribution is -2.51. The molecule has 2 unspecified atom stereocenters. The van der Waals surface area contributed by atoms with Gasteiger partial charge in [-0.25, -0.2) is 4.39 Å². The Bertz CT molecular complexity index is 486. The summed E-state index contributed by atoms with van der Waals surface area (Å²) in [6.45, 7) is 2.84. The van der Waals surface area contributed by atoms with E-state index < -0.39 is 0 Å². The van der Waals surface area contributed by atoms with Gasteiger partial charge in [0.25, 0.3) is 5.91 Å². The van der Waals surface area contributed by atoms with Gasteiger partial charge in [0, 0.05) is 12.1 Å². The molecule has 1 amide bonds. The molecule has 1 aliphatic heterocycles. The van der Waals surface area contributed by atoms with Crippen molar-refractivity contribution in [3.05, 3.63) is 34.1 Å². The number of carbonyl (C=O) groups excluding carboxylic acids is 1. The van der Waals surface area contributed by atoms with E-state index in [0.717, 1.165) is 0 Å². The van der Waals surface area contributed by atoms with Crippen LogP contribution in [0.3, 0.4) is 0 Å². The van der Waals surface area contributed by atoms with Crippen molar-refractivity contribution in [2.75, 3.05) is 19.0 Å². The summed E-state index contributed by atoms with van der Waals surface area (Å²) < 4.78 is 19.0. The zero-order valence-corrected chi connectivity index (χ0v) is 12.7. The van der Waals surface area contributed by atoms with Crippen molar-refractivity contribution in [2.24, 2.45) is 0 Å². The molecule has 0 N–H and O–H groups in total. The van der Waals surface area contributed by atoms with Crippen molar-refractivity contribution < 1.29 is 13.9 Å². The van der Waals surface area contributed by atoms with E-state index in [2.05, 4.69) is 15.9 Å². The van der Waals surface area contributed by atoms with E-state index >= 15 is 0 Å². The van der Waals surface area contributed by atoms with Crippen LogP contribution in [0.25, 0.3) is 0 Å². The smallest absolute Gasteiger partial charge is 0.254 e. The molecular weight excluding hydrogens is 337 g/mol. The standard InChI is InChI=1S/C13H14BrClFNO2/c1-8-7-19-10(5-15)6-17(8)13(18)9-2-3-12(16)11(14)4-9/h2-4,8,10H,5-7H2,1H3. The van der Waals surface area contributed by atoms with Crippen LogP contribution in [0.15, 0.2) is 22.7 Å². The zero-order chi connectivity index (χ0) is 14.0. The Morgan fingerprint density at radius 2 is 2.37 bits per heavy atom. The molecule has 1 fully saturated rings. The van der Waals surface area contributed by atoms with Gasteiger partial charge in [0.05, 0.1) is 29.1 Å². The topological polar surface area (TPSA) is 29.5 Å². The maximum Gasteiger partial charge on any atom is 0.254 e. The third-order valence-electron chi connectivity index (χ3n) is 3.11. The number of ether oxygens (including phenoxy) is 1. The minimum Gasteiger partial charge on any atom is -0.373 e. The lowest BCUT2D eigenvalue weighted by atomic mass is 10.1. The fourth-order valence-corrected chi connectivity index (χ4v) is 2.55. The van der Waals surface area contributed by atoms with Crippen molar-refractivity contribution in [1.29, 1.82) is 0 Å². The van der Waals surface area contributed by atoms with E-state index in [1.165, 1.54) is 18.2 Å². The minimum atomic E-state index is -0.384. The van der Waals surface area contributed by atoms with Gasteiger partial charge in [-0.3, -0.25) is 4.79 Å². The molecule has 0 aromatic heterocycles. The highest BCUT2D eigenvalue weighted by Crippen LogP contribution is 2.21. The molecule has 1 heterocycles. The average Bonchev–Trinajstić information content (AvgIpc) is 2.41. The molecule has 0 bridgehead atoms. The van der Waals surface area contributed by atoms with Crippen LogP contribution in [-0.2, 0) is 4.74 Å². The summed E-state index contributed by atoms with van der Waals surface area (Å²) in [5, 5.41) is 0. The SMILES string of the molecule is CC1COC(CCl)CN1C(=O)c1ccc(F)c(Br)c1. The number of hydrogen-bond donors (Lipinski definition) is 0. The summed E-state index contributed by atoms with van der Waals surface area (Å²) in [7, 11) is 0. The van der Waals surface area contributed by atoms with Crippen LogP contribution in [0.2, 0.25) is 0 Å². The number of nitrogens with zero attached hydrogens (tertiary/aromatic N) is 1. The average molecular weight is 351 g/mol. The summed E-state index contributed by atoms with van der Waals surface area (Å²) in [6.07, 6.45) is -0.147. The minimum absolute atomic E-state index is 0.0178. The van der Waals surface area contributed by atoms with Crippen LogP contribution < -0.4 is 0 Å². The van der Waals surface area contributed by atoms with E-state index in [1.807, 2.05) is 6.92 Å². The van der Waals surface area contributed by atoms with Crippen molar-refractivity contribution >= 4 is 33.4 Å². The molecular formula is C13H14BrClFNO2. The van der Waals surface area contributed by atoms with Crippen molar-refractivity contribution in [2.45, 2.75) is 19.1 Å². The van der Waals surface area contributed by atoms with Crippen LogP contribution in [0.5, 0.6) is 0 Å². The highest BCUT2D eigenvalue weighted by atomic mass is 79.9. The van der Waals surface area contributed by atoms with Gasteiger partial charge in [0.2, 0.25) is 0 Å². The monoisotopic (exact) mass is 349 g/mol. The van der Waals surface area contributed by atoms with E-state index in [-0.39, 0.29) is 28.3 Å². The molecule has 0 aliphatic carbocycles. The quantitative estimate of drug-likeness (QED) is 0.767. The van der Waals surface area contributed by atoms with Crippen LogP contribution >= 0.6 is 27.5 Å². The molecule has 0 radical (unpaired) electrons. The number of carbonyl (C=O) groups is 1. The number of morpholine rings is 1. The summed E-state index contributed by atoms with van der Waals surface area (Å²) >= 11 is 8.86. The first-order valence-electron chi connectivity index (χ1n) is 5.96. The van der Waals surface area contributed by atoms with E-state index in [0.29, 0.717) is 24.6 Å². The van der Waals surface area contributed by atoms with Gasteiger partial charge in [-0.15, -0.1) is 11.6 Å². The summed E-state index contributed by atoms with van der Waals surface area (Å²) in [4.78, 5) is 14.1. The maximum absolute atomic E-state index is 13.2. The van der Waals surface area contributed by atoms with Gasteiger partial charge < -0.3 is 9.64 Å². The first-order chi connectivity index (χ1) is 9.02. The number of hydrogen-bond acceptors (Lipinski definition) is 2. The highest BCUT2D eigenvalue weighted by molar-refractivity contribution is 9.10. The first kappa shape index (κ1) is 14.8. The largest absolute Gasteiger partial charge is 0.373 e. The van der Waals surface area contributed by atoms with Crippen LogP contribution in [0, 0.1) is 5.82 Å². The normalized spacial score (nSPS) is 23.5. The Hall–Kier alpha value is -0.650. The number of amides is 1. The Morgan fingerprint density at radius 3 is 3.00 bits per heavy atom. The number of benzene rings is 1. The van der Waals surface area contributed by atoms with Crippen LogP contribution in [0.1, 0.15) is 17.3 Å². The number of alkyl halides is 1. The Kier molecular flexibility index (Phi) is 4.81. The van der Waals surface area contributed by atoms with Crippen molar-refractivity contribution in [1.82, 2.24) is 4.90 Å². The highest BCUT2D eigenvalue weighted by Gasteiger charge is 2.30. The molecule has 6 heteroatoms. The molecule has 0 spiro atoms. The fourth-order valence-electron chi connectivity index (χ4n) is 1.99. The zero-order valence-electron chi connectivity index (χ0n) is 10.4. The molecule has 2 atom stereocenters. The Labute approximate surface area is 124 Å². The van der Waals surface area contributed by atoms with E-state index in [4.69, 9.17) is 16.3 Å². The number of halogens is 3. The molecule has 2 rings (SSSR count). The number of rotatable bonds is 2. The summed E-state index contributed by atoms with van der Waals surface area (Å²) in [5.74, 6) is -0.166. The van der Waals surface area contributed by atoms with Gasteiger partial charge >= 0.3 is 0 Å². The predicted octanol–water partition coefficient (Wildman–Crippen LogP) is 3.06. The molecule has 19 heavy (non-hydrogen) atoms. The molecule has 1 aliphatic rings. The summed E-state index contributed by atoms with van der Waals surface area (Å²) in [5.41, 5.74) is 0.454. The molecule has 3 nitrogen and oxygen atoms in total. The maximum atomic E-state index is 13.2. The molecule has 0 saturated carbocycles. The lowest BCUT2D eigenvalue weighted by molar-refractivity contribution is -0.0371. The van der Waals surface area contributed by atoms with Gasteiger partial charge in [0.15, 0.2) is 0 Å². The molecule has 1 saturated heterocycles. The van der Waals surface area contributed by atoms with Crippen LogP contribution in [-0.4, -0.2) is 42.0 Å². The molecule has 1 aromatic carbocycles. The Morgan fingerprint density at radius 1 is 1.63 bits per heavy atom. The second-order valence-corrected chi connectivity index (χ2v) is 5.71. The fraction of sp³-hybridized carbons (Fsp3) is 0.462. The second kappa shape index (κ2) is 6.20. The Balaban J connectivity index is 2.19. The molecule has 1 aromatic rings. The van der Waals surface area contributed by atoms with Gasteiger partial charge in [-0.2, -0.15) is 0 Å². The third kappa shape index (κ3) is 3.27. The predicted molar refractivity (Wildman–Crippen MR) is 75.1 cm³/mol. The van der Waals surface area contributed by atoms with E-state index in [9.17, 15) is 9.18 Å². The van der Waals surface area contributed by atoms with Gasteiger partial charge in [0.1, 0.15) is 5.82 Å². The summed E-state index contributed by atoms with van der Waals surface area (Å²) in [6, 6.07) is 4.24. The third-order valence-corrected chi connectivity index (χ3v) is 4.06. The van der Waals surface area contributed by atoms with Gasteiger partial charge in [-0.1, -0.05) is 0 Å². The van der Waals surface area contributed by atoms with Crippen molar-refractivity contribution in [3.63, 3.8) is 0 Å². The molecule has 104 valence electrons. The second-order valence-electron chi connectivity index (χ2n) is 4.55. The van der Waals surface area contributed by atoms with E-state index in [1.54, 1.807) is 4.90 Å².